The summed E-state index contributed by atoms with van der Waals surface area (Å²) in [5, 5.41) is 11.6. The van der Waals surface area contributed by atoms with Crippen LogP contribution in [0.15, 0.2) is 48.5 Å². The summed E-state index contributed by atoms with van der Waals surface area (Å²) in [6.45, 7) is 0.962. The highest BCUT2D eigenvalue weighted by Crippen LogP contribution is 2.24. The van der Waals surface area contributed by atoms with Crippen LogP contribution in [0.2, 0.25) is 0 Å². The zero-order valence-electron chi connectivity index (χ0n) is 14.9. The lowest BCUT2D eigenvalue weighted by Crippen LogP contribution is -2.13. The highest BCUT2D eigenvalue weighted by molar-refractivity contribution is 6.07. The van der Waals surface area contributed by atoms with E-state index in [0.29, 0.717) is 11.3 Å². The zero-order chi connectivity index (χ0) is 17.9. The number of rotatable bonds is 3. The van der Waals surface area contributed by atoms with Crippen LogP contribution in [0.5, 0.6) is 0 Å². The molecule has 0 saturated carbocycles. The Morgan fingerprint density at radius 1 is 1.00 bits per heavy atom. The molecule has 0 saturated heterocycles. The molecule has 0 atom stereocenters. The first-order chi connectivity index (χ1) is 12.7. The summed E-state index contributed by atoms with van der Waals surface area (Å²) in [7, 11) is 0. The first-order valence-electron chi connectivity index (χ1n) is 8.91. The third kappa shape index (κ3) is 3.95. The van der Waals surface area contributed by atoms with Crippen molar-refractivity contribution < 1.29 is 4.79 Å². The fourth-order valence-electron chi connectivity index (χ4n) is 3.30. The zero-order valence-corrected chi connectivity index (χ0v) is 15.7. The Bertz CT molecular complexity index is 936. The minimum absolute atomic E-state index is 0. The van der Waals surface area contributed by atoms with E-state index in [4.69, 9.17) is 5.73 Å². The molecule has 3 aromatic rings. The lowest BCUT2D eigenvalue weighted by molar-refractivity contribution is 0.102. The van der Waals surface area contributed by atoms with Gasteiger partial charge in [-0.15, -0.1) is 22.6 Å². The van der Waals surface area contributed by atoms with Crippen molar-refractivity contribution in [1.29, 1.82) is 0 Å². The van der Waals surface area contributed by atoms with E-state index in [9.17, 15) is 4.79 Å². The lowest BCUT2D eigenvalue weighted by Gasteiger charge is -2.09. The van der Waals surface area contributed by atoms with Crippen LogP contribution in [0, 0.1) is 0 Å². The van der Waals surface area contributed by atoms with Crippen LogP contribution < -0.4 is 11.1 Å². The van der Waals surface area contributed by atoms with Crippen LogP contribution in [0.4, 0.5) is 11.4 Å². The summed E-state index contributed by atoms with van der Waals surface area (Å²) in [5.41, 5.74) is 8.52. The quantitative estimate of drug-likeness (QED) is 0.671. The van der Waals surface area contributed by atoms with Crippen LogP contribution >= 0.6 is 12.4 Å². The molecule has 1 aromatic heterocycles. The minimum Gasteiger partial charge on any atom is -0.398 e. The number of nitrogens with zero attached hydrogens (tertiary/aromatic N) is 3. The molecule has 0 bridgehead atoms. The first kappa shape index (κ1) is 18.9. The molecule has 27 heavy (non-hydrogen) atoms. The van der Waals surface area contributed by atoms with Crippen molar-refractivity contribution in [3.05, 3.63) is 59.9 Å². The van der Waals surface area contributed by atoms with Gasteiger partial charge in [0.2, 0.25) is 0 Å². The molecule has 1 aliphatic rings. The first-order valence-corrected chi connectivity index (χ1v) is 8.91. The number of anilines is 2. The molecule has 1 amide bonds. The third-order valence-electron chi connectivity index (χ3n) is 4.72. The standard InChI is InChI=1S/C20H21N5O.ClH/c21-17-7-4-3-6-16(17)20(26)22-15-11-9-14(10-12-15)19-24-23-18-8-2-1-5-13-25(18)19;/h3-4,6-7,9-12H,1-2,5,8,13,21H2,(H,22,26);1H. The van der Waals surface area contributed by atoms with Crippen molar-refractivity contribution in [2.45, 2.75) is 32.2 Å². The van der Waals surface area contributed by atoms with Gasteiger partial charge in [0.1, 0.15) is 5.82 Å². The Balaban J connectivity index is 0.00000210. The summed E-state index contributed by atoms with van der Waals surface area (Å²) >= 11 is 0. The molecule has 2 aromatic carbocycles. The molecular weight excluding hydrogens is 362 g/mol. The molecule has 1 aliphatic heterocycles. The van der Waals surface area contributed by atoms with E-state index >= 15 is 0 Å². The molecule has 140 valence electrons. The van der Waals surface area contributed by atoms with Gasteiger partial charge in [-0.3, -0.25) is 4.79 Å². The smallest absolute Gasteiger partial charge is 0.257 e. The number of fused-ring (bicyclic) bond motifs is 1. The predicted molar refractivity (Wildman–Crippen MR) is 109 cm³/mol. The number of hydrogen-bond acceptors (Lipinski definition) is 4. The molecule has 2 heterocycles. The summed E-state index contributed by atoms with van der Waals surface area (Å²) in [5.74, 6) is 1.74. The maximum Gasteiger partial charge on any atom is 0.257 e. The Morgan fingerprint density at radius 2 is 1.78 bits per heavy atom. The van der Waals surface area contributed by atoms with Crippen molar-refractivity contribution >= 4 is 29.7 Å². The number of hydrogen-bond donors (Lipinski definition) is 2. The van der Waals surface area contributed by atoms with Crippen LogP contribution in [-0.4, -0.2) is 20.7 Å². The predicted octanol–water partition coefficient (Wildman–Crippen LogP) is 3.93. The average molecular weight is 384 g/mol. The Morgan fingerprint density at radius 3 is 2.56 bits per heavy atom. The second-order valence-electron chi connectivity index (χ2n) is 6.52. The number of carbonyl (C=O) groups excluding carboxylic acids is 1. The van der Waals surface area contributed by atoms with Gasteiger partial charge in [0, 0.05) is 29.9 Å². The third-order valence-corrected chi connectivity index (χ3v) is 4.72. The van der Waals surface area contributed by atoms with Gasteiger partial charge in [0.25, 0.3) is 5.91 Å². The molecule has 0 spiro atoms. The van der Waals surface area contributed by atoms with Gasteiger partial charge >= 0.3 is 0 Å². The van der Waals surface area contributed by atoms with Gasteiger partial charge in [-0.1, -0.05) is 18.6 Å². The van der Waals surface area contributed by atoms with Crippen LogP contribution in [-0.2, 0) is 13.0 Å². The fraction of sp³-hybridized carbons (Fsp3) is 0.250. The van der Waals surface area contributed by atoms with Crippen molar-refractivity contribution in [3.8, 4) is 11.4 Å². The number of amides is 1. The number of para-hydroxylation sites is 1. The second-order valence-corrected chi connectivity index (χ2v) is 6.52. The van der Waals surface area contributed by atoms with Crippen molar-refractivity contribution in [3.63, 3.8) is 0 Å². The van der Waals surface area contributed by atoms with Crippen LogP contribution in [0.25, 0.3) is 11.4 Å². The molecule has 0 unspecified atom stereocenters. The van der Waals surface area contributed by atoms with Gasteiger partial charge in [-0.25, -0.2) is 0 Å². The second kappa shape index (κ2) is 8.22. The number of aryl methyl sites for hydroxylation is 1. The van der Waals surface area contributed by atoms with Gasteiger partial charge in [0.15, 0.2) is 5.82 Å². The average Bonchev–Trinajstić information content (AvgIpc) is 2.91. The van der Waals surface area contributed by atoms with E-state index in [1.165, 1.54) is 12.8 Å². The summed E-state index contributed by atoms with van der Waals surface area (Å²) < 4.78 is 2.21. The number of halogens is 1. The molecule has 0 fully saturated rings. The molecule has 7 heteroatoms. The highest BCUT2D eigenvalue weighted by Gasteiger charge is 2.16. The molecule has 0 radical (unpaired) electrons. The van der Waals surface area contributed by atoms with E-state index in [-0.39, 0.29) is 18.3 Å². The summed E-state index contributed by atoms with van der Waals surface area (Å²) in [4.78, 5) is 12.4. The fourth-order valence-corrected chi connectivity index (χ4v) is 3.30. The Hall–Kier alpha value is -2.86. The molecular formula is C20H22ClN5O. The van der Waals surface area contributed by atoms with Crippen molar-refractivity contribution in [1.82, 2.24) is 14.8 Å². The van der Waals surface area contributed by atoms with Crippen LogP contribution in [0.1, 0.15) is 35.4 Å². The van der Waals surface area contributed by atoms with Gasteiger partial charge < -0.3 is 15.6 Å². The summed E-state index contributed by atoms with van der Waals surface area (Å²) in [6, 6.07) is 14.7. The number of nitrogens with two attached hydrogens (primary N) is 1. The number of carbonyl (C=O) groups is 1. The Kier molecular flexibility index (Phi) is 5.76. The largest absolute Gasteiger partial charge is 0.398 e. The normalized spacial score (nSPS) is 13.2. The van der Waals surface area contributed by atoms with E-state index in [0.717, 1.165) is 42.3 Å². The molecule has 3 N–H and O–H groups in total. The SMILES string of the molecule is Cl.Nc1ccccc1C(=O)Nc1ccc(-c2nnc3n2CCCCC3)cc1. The Labute approximate surface area is 164 Å². The van der Waals surface area contributed by atoms with E-state index < -0.39 is 0 Å². The van der Waals surface area contributed by atoms with E-state index in [1.807, 2.05) is 30.3 Å². The van der Waals surface area contributed by atoms with Gasteiger partial charge in [-0.2, -0.15) is 0 Å². The number of nitrogen functional groups attached to an aromatic ring is 1. The monoisotopic (exact) mass is 383 g/mol. The molecule has 4 rings (SSSR count). The van der Waals surface area contributed by atoms with Crippen molar-refractivity contribution in [2.24, 2.45) is 0 Å². The van der Waals surface area contributed by atoms with E-state index in [1.54, 1.807) is 18.2 Å². The maximum atomic E-state index is 12.4. The topological polar surface area (TPSA) is 85.8 Å². The number of nitrogens with one attached hydrogen (secondary N) is 1. The van der Waals surface area contributed by atoms with Gasteiger partial charge in [-0.05, 0) is 49.2 Å². The highest BCUT2D eigenvalue weighted by atomic mass is 35.5. The molecule has 0 aliphatic carbocycles. The van der Waals surface area contributed by atoms with Crippen LogP contribution in [0.3, 0.4) is 0 Å². The van der Waals surface area contributed by atoms with Crippen molar-refractivity contribution in [2.75, 3.05) is 11.1 Å². The van der Waals surface area contributed by atoms with E-state index in [2.05, 4.69) is 20.1 Å². The number of aromatic nitrogens is 3. The minimum atomic E-state index is -0.216. The molecule has 6 nitrogen and oxygen atoms in total. The maximum absolute atomic E-state index is 12.4. The number of benzene rings is 2. The lowest BCUT2D eigenvalue weighted by atomic mass is 10.1. The summed E-state index contributed by atoms with van der Waals surface area (Å²) in [6.07, 6.45) is 4.55. The van der Waals surface area contributed by atoms with Gasteiger partial charge in [0.05, 0.1) is 5.56 Å².